The van der Waals surface area contributed by atoms with Crippen LogP contribution in [0.15, 0.2) is 53.0 Å². The van der Waals surface area contributed by atoms with Crippen molar-refractivity contribution in [1.29, 1.82) is 5.26 Å². The Morgan fingerprint density at radius 1 is 1.11 bits per heavy atom. The van der Waals surface area contributed by atoms with Gasteiger partial charge in [-0.05, 0) is 61.4 Å². The lowest BCUT2D eigenvalue weighted by Crippen LogP contribution is -2.48. The van der Waals surface area contributed by atoms with E-state index in [1.54, 1.807) is 0 Å². The number of nitrogens with zero attached hydrogens (tertiary/aromatic N) is 7. The molecule has 1 aromatic carbocycles. The number of allylic oxidation sites excluding steroid dienone is 3. The second kappa shape index (κ2) is 10.4. The summed E-state index contributed by atoms with van der Waals surface area (Å²) in [7, 11) is 0. The minimum absolute atomic E-state index is 0.173. The molecule has 8 heteroatoms. The molecular formula is C29H35N7O. The number of tetrazole rings is 1. The van der Waals surface area contributed by atoms with Crippen molar-refractivity contribution in [2.75, 3.05) is 26.2 Å². The second-order valence-corrected chi connectivity index (χ2v) is 11.0. The van der Waals surface area contributed by atoms with Gasteiger partial charge in [0, 0.05) is 44.2 Å². The van der Waals surface area contributed by atoms with Crippen LogP contribution in [0.4, 0.5) is 0 Å². The first-order valence-electron chi connectivity index (χ1n) is 13.0. The Bertz CT molecular complexity index is 1310. The van der Waals surface area contributed by atoms with Crippen LogP contribution in [0.25, 0.3) is 6.08 Å². The minimum Gasteiger partial charge on any atom is -0.463 e. The van der Waals surface area contributed by atoms with E-state index < -0.39 is 0 Å². The van der Waals surface area contributed by atoms with Crippen LogP contribution in [0, 0.1) is 11.3 Å². The maximum atomic E-state index is 9.07. The Hall–Kier alpha value is -3.54. The van der Waals surface area contributed by atoms with Gasteiger partial charge in [-0.25, -0.2) is 4.68 Å². The highest BCUT2D eigenvalue weighted by Crippen LogP contribution is 2.37. The molecule has 2 atom stereocenters. The van der Waals surface area contributed by atoms with Crippen molar-refractivity contribution in [2.45, 2.75) is 58.2 Å². The van der Waals surface area contributed by atoms with Gasteiger partial charge in [-0.3, -0.25) is 9.80 Å². The zero-order chi connectivity index (χ0) is 26.0. The first-order chi connectivity index (χ1) is 17.8. The number of rotatable bonds is 5. The van der Waals surface area contributed by atoms with E-state index in [1.807, 2.05) is 28.9 Å². The monoisotopic (exact) mass is 497 g/mol. The van der Waals surface area contributed by atoms with Crippen molar-refractivity contribution in [3.63, 3.8) is 0 Å². The van der Waals surface area contributed by atoms with Gasteiger partial charge in [-0.2, -0.15) is 5.26 Å². The van der Waals surface area contributed by atoms with Crippen LogP contribution in [0.2, 0.25) is 0 Å². The number of piperazine rings is 1. The number of hydrogen-bond acceptors (Lipinski definition) is 7. The fraction of sp³-hybridized carbons (Fsp3) is 0.448. The molecule has 0 saturated carbocycles. The third-order valence-corrected chi connectivity index (χ3v) is 7.17. The first kappa shape index (κ1) is 25.1. The van der Waals surface area contributed by atoms with Crippen molar-refractivity contribution in [2.24, 2.45) is 0 Å². The Morgan fingerprint density at radius 2 is 1.86 bits per heavy atom. The summed E-state index contributed by atoms with van der Waals surface area (Å²) in [6.07, 6.45) is 9.46. The third-order valence-electron chi connectivity index (χ3n) is 7.17. The predicted molar refractivity (Wildman–Crippen MR) is 143 cm³/mol. The lowest BCUT2D eigenvalue weighted by Gasteiger charge is -2.38. The maximum absolute atomic E-state index is 9.07. The highest BCUT2D eigenvalue weighted by molar-refractivity contribution is 5.56. The molecule has 37 heavy (non-hydrogen) atoms. The van der Waals surface area contributed by atoms with Crippen LogP contribution in [-0.4, -0.2) is 56.2 Å². The van der Waals surface area contributed by atoms with Crippen molar-refractivity contribution in [1.82, 2.24) is 30.0 Å². The van der Waals surface area contributed by atoms with E-state index in [0.717, 1.165) is 62.1 Å². The average molecular weight is 498 g/mol. The highest BCUT2D eigenvalue weighted by atomic mass is 16.3. The molecule has 1 aliphatic heterocycles. The lowest BCUT2D eigenvalue weighted by molar-refractivity contribution is 0.0892. The quantitative estimate of drug-likeness (QED) is 0.497. The molecule has 1 fully saturated rings. The van der Waals surface area contributed by atoms with Gasteiger partial charge in [0.1, 0.15) is 17.6 Å². The van der Waals surface area contributed by atoms with Gasteiger partial charge in [0.15, 0.2) is 5.82 Å². The molecule has 2 aliphatic rings. The van der Waals surface area contributed by atoms with Crippen LogP contribution in [0.3, 0.4) is 0 Å². The van der Waals surface area contributed by atoms with Gasteiger partial charge in [-0.15, -0.1) is 5.10 Å². The fourth-order valence-electron chi connectivity index (χ4n) is 5.15. The number of nitriles is 1. The Kier molecular flexibility index (Phi) is 7.09. The van der Waals surface area contributed by atoms with Gasteiger partial charge in [-0.1, -0.05) is 43.4 Å². The minimum atomic E-state index is -0.257. The SMILES string of the molecule is CC1C/C=C\C=C/c2cc(C(c3nnnn3C(C)(C)C)N3CCN(Cc4ccc(C#N)cc4)CC3)oc21. The molecule has 0 N–H and O–H groups in total. The molecular weight excluding hydrogens is 462 g/mol. The molecule has 0 spiro atoms. The van der Waals surface area contributed by atoms with E-state index >= 15 is 0 Å². The van der Waals surface area contributed by atoms with Gasteiger partial charge in [0.25, 0.3) is 0 Å². The Balaban J connectivity index is 1.42. The first-order valence-corrected chi connectivity index (χ1v) is 13.0. The second-order valence-electron chi connectivity index (χ2n) is 11.0. The Morgan fingerprint density at radius 3 is 2.57 bits per heavy atom. The summed E-state index contributed by atoms with van der Waals surface area (Å²) in [6.45, 7) is 13.0. The number of aromatic nitrogens is 4. The van der Waals surface area contributed by atoms with Gasteiger partial charge in [0.05, 0.1) is 17.2 Å². The number of furan rings is 1. The standard InChI is InChI=1S/C29H35N7O/c1-21-8-6-5-7-9-24-18-25(37-27(21)24)26(28-31-32-33-36(28)29(2,3)4)35-16-14-34(15-17-35)20-23-12-10-22(19-30)11-13-23/h5-7,9-13,18,21,26H,8,14-17,20H2,1-4H3/b6-5-,9-7-. The van der Waals surface area contributed by atoms with E-state index in [4.69, 9.17) is 9.68 Å². The van der Waals surface area contributed by atoms with E-state index in [9.17, 15) is 0 Å². The van der Waals surface area contributed by atoms with Gasteiger partial charge < -0.3 is 4.42 Å². The smallest absolute Gasteiger partial charge is 0.176 e. The molecule has 2 unspecified atom stereocenters. The maximum Gasteiger partial charge on any atom is 0.176 e. The highest BCUT2D eigenvalue weighted by Gasteiger charge is 2.36. The summed E-state index contributed by atoms with van der Waals surface area (Å²) >= 11 is 0. The van der Waals surface area contributed by atoms with E-state index in [0.29, 0.717) is 11.5 Å². The molecule has 3 heterocycles. The van der Waals surface area contributed by atoms with Crippen molar-refractivity contribution >= 4 is 6.08 Å². The van der Waals surface area contributed by atoms with E-state index in [-0.39, 0.29) is 11.6 Å². The van der Waals surface area contributed by atoms with Crippen LogP contribution in [0.5, 0.6) is 0 Å². The third kappa shape index (κ3) is 5.43. The molecule has 1 aliphatic carbocycles. The molecule has 0 amide bonds. The van der Waals surface area contributed by atoms with Gasteiger partial charge in [0.2, 0.25) is 0 Å². The summed E-state index contributed by atoms with van der Waals surface area (Å²) in [6, 6.07) is 12.1. The number of fused-ring (bicyclic) bond motifs is 1. The molecule has 1 saturated heterocycles. The fourth-order valence-corrected chi connectivity index (χ4v) is 5.15. The van der Waals surface area contributed by atoms with Gasteiger partial charge >= 0.3 is 0 Å². The number of hydrogen-bond donors (Lipinski definition) is 0. The van der Waals surface area contributed by atoms with Crippen LogP contribution in [0.1, 0.15) is 80.1 Å². The van der Waals surface area contributed by atoms with Crippen molar-refractivity contribution < 1.29 is 4.42 Å². The number of benzene rings is 1. The largest absolute Gasteiger partial charge is 0.463 e. The van der Waals surface area contributed by atoms with Crippen molar-refractivity contribution in [3.05, 3.63) is 82.6 Å². The summed E-state index contributed by atoms with van der Waals surface area (Å²) in [4.78, 5) is 4.90. The zero-order valence-corrected chi connectivity index (χ0v) is 22.1. The zero-order valence-electron chi connectivity index (χ0n) is 22.1. The summed E-state index contributed by atoms with van der Waals surface area (Å²) in [5.41, 5.74) is 2.79. The van der Waals surface area contributed by atoms with Crippen LogP contribution < -0.4 is 0 Å². The molecule has 0 radical (unpaired) electrons. The Labute approximate surface area is 218 Å². The summed E-state index contributed by atoms with van der Waals surface area (Å²) < 4.78 is 8.56. The summed E-state index contributed by atoms with van der Waals surface area (Å²) in [5.74, 6) is 3.03. The molecule has 0 bridgehead atoms. The average Bonchev–Trinajstić information content (AvgIpc) is 3.52. The molecule has 3 aromatic rings. The van der Waals surface area contributed by atoms with Crippen molar-refractivity contribution in [3.8, 4) is 6.07 Å². The molecule has 192 valence electrons. The molecule has 5 rings (SSSR count). The molecule has 2 aromatic heterocycles. The lowest BCUT2D eigenvalue weighted by atomic mass is 9.98. The van der Waals surface area contributed by atoms with Crippen LogP contribution >= 0.6 is 0 Å². The molecule has 8 nitrogen and oxygen atoms in total. The van der Waals surface area contributed by atoms with E-state index in [2.05, 4.69) is 89.5 Å². The normalized spacial score (nSPS) is 21.4. The van der Waals surface area contributed by atoms with E-state index in [1.165, 1.54) is 5.56 Å². The topological polar surface area (TPSA) is 87.0 Å². The van der Waals surface area contributed by atoms with Crippen LogP contribution in [-0.2, 0) is 12.1 Å². The summed E-state index contributed by atoms with van der Waals surface area (Å²) in [5, 5.41) is 22.1. The predicted octanol–water partition coefficient (Wildman–Crippen LogP) is 4.88.